The molecule has 0 aromatic rings. The second-order valence-corrected chi connectivity index (χ2v) is 4.26. The summed E-state index contributed by atoms with van der Waals surface area (Å²) in [6, 6.07) is 0. The molecular weight excluding hydrogens is 214 g/mol. The Morgan fingerprint density at radius 1 is 1.41 bits per heavy atom. The van der Waals surface area contributed by atoms with Gasteiger partial charge in [0.2, 0.25) is 0 Å². The summed E-state index contributed by atoms with van der Waals surface area (Å²) in [4.78, 5) is 13.4. The Bertz CT molecular complexity index is 360. The molecule has 0 bridgehead atoms. The summed E-state index contributed by atoms with van der Waals surface area (Å²) >= 11 is 0. The number of aliphatic carboxylic acids is 1. The van der Waals surface area contributed by atoms with Crippen molar-refractivity contribution < 1.29 is 9.90 Å². The monoisotopic (exact) mass is 235 g/mol. The van der Waals surface area contributed by atoms with Gasteiger partial charge in [0, 0.05) is 13.1 Å². The Balaban J connectivity index is 3.11. The van der Waals surface area contributed by atoms with Crippen molar-refractivity contribution in [3.63, 3.8) is 0 Å². The molecule has 1 N–H and O–H groups in total. The van der Waals surface area contributed by atoms with Crippen LogP contribution < -0.4 is 0 Å². The van der Waals surface area contributed by atoms with Crippen molar-refractivity contribution in [1.29, 1.82) is 0 Å². The number of hydrogen-bond acceptors (Lipinski definition) is 2. The van der Waals surface area contributed by atoms with E-state index in [1.807, 2.05) is 6.08 Å². The Kier molecular flexibility index (Phi) is 5.01. The maximum Gasteiger partial charge on any atom is 0.337 e. The minimum atomic E-state index is -0.866. The Hall–Kier alpha value is -1.51. The van der Waals surface area contributed by atoms with Gasteiger partial charge in [0.1, 0.15) is 0 Å². The first-order chi connectivity index (χ1) is 8.11. The SMILES string of the molecule is C=C1CC=CC(C(=O)O)=C1N(CCC)CCC. The maximum atomic E-state index is 11.2. The molecule has 3 nitrogen and oxygen atoms in total. The number of carboxylic acid groups (broad SMARTS) is 1. The standard InChI is InChI=1S/C14H21NO2/c1-4-9-15(10-5-2)13-11(3)7-6-8-12(13)14(16)17/h6,8H,3-5,7,9-10H2,1-2H3,(H,16,17). The zero-order valence-electron chi connectivity index (χ0n) is 10.7. The van der Waals surface area contributed by atoms with Crippen LogP contribution >= 0.6 is 0 Å². The highest BCUT2D eigenvalue weighted by Crippen LogP contribution is 2.27. The van der Waals surface area contributed by atoms with E-state index in [1.165, 1.54) is 0 Å². The topological polar surface area (TPSA) is 40.5 Å². The third-order valence-electron chi connectivity index (χ3n) is 2.77. The van der Waals surface area contributed by atoms with Crippen LogP contribution in [0.25, 0.3) is 0 Å². The van der Waals surface area contributed by atoms with Crippen molar-refractivity contribution in [1.82, 2.24) is 4.90 Å². The molecular formula is C14H21NO2. The van der Waals surface area contributed by atoms with Crippen molar-refractivity contribution in [3.05, 3.63) is 35.6 Å². The highest BCUT2D eigenvalue weighted by atomic mass is 16.4. The van der Waals surface area contributed by atoms with Gasteiger partial charge in [-0.25, -0.2) is 4.79 Å². The van der Waals surface area contributed by atoms with Crippen LogP contribution in [0.1, 0.15) is 33.1 Å². The van der Waals surface area contributed by atoms with Gasteiger partial charge in [-0.1, -0.05) is 26.5 Å². The minimum absolute atomic E-state index is 0.378. The van der Waals surface area contributed by atoms with Crippen LogP contribution in [-0.2, 0) is 4.79 Å². The van der Waals surface area contributed by atoms with E-state index in [2.05, 4.69) is 25.3 Å². The van der Waals surface area contributed by atoms with Gasteiger partial charge in [0.15, 0.2) is 0 Å². The summed E-state index contributed by atoms with van der Waals surface area (Å²) < 4.78 is 0. The lowest BCUT2D eigenvalue weighted by Crippen LogP contribution is -2.29. The van der Waals surface area contributed by atoms with Crippen LogP contribution in [0.15, 0.2) is 35.6 Å². The first-order valence-electron chi connectivity index (χ1n) is 6.19. The zero-order chi connectivity index (χ0) is 12.8. The Morgan fingerprint density at radius 3 is 2.47 bits per heavy atom. The normalized spacial score (nSPS) is 15.3. The maximum absolute atomic E-state index is 11.2. The van der Waals surface area contributed by atoms with E-state index in [9.17, 15) is 9.90 Å². The average molecular weight is 235 g/mol. The summed E-state index contributed by atoms with van der Waals surface area (Å²) in [7, 11) is 0. The fraction of sp³-hybridized carbons (Fsp3) is 0.500. The molecule has 0 unspecified atom stereocenters. The Morgan fingerprint density at radius 2 is 2.00 bits per heavy atom. The molecule has 0 radical (unpaired) electrons. The van der Waals surface area contributed by atoms with E-state index in [1.54, 1.807) is 6.08 Å². The molecule has 0 aromatic carbocycles. The highest BCUT2D eigenvalue weighted by Gasteiger charge is 2.21. The fourth-order valence-corrected chi connectivity index (χ4v) is 2.13. The first kappa shape index (κ1) is 13.6. The lowest BCUT2D eigenvalue weighted by Gasteiger charge is -2.30. The van der Waals surface area contributed by atoms with Gasteiger partial charge < -0.3 is 10.0 Å². The molecule has 0 atom stereocenters. The minimum Gasteiger partial charge on any atom is -0.478 e. The molecule has 0 saturated heterocycles. The van der Waals surface area contributed by atoms with Crippen LogP contribution in [0.3, 0.4) is 0 Å². The second-order valence-electron chi connectivity index (χ2n) is 4.26. The summed E-state index contributed by atoms with van der Waals surface area (Å²) in [5, 5.41) is 9.23. The van der Waals surface area contributed by atoms with E-state index in [4.69, 9.17) is 0 Å². The van der Waals surface area contributed by atoms with Gasteiger partial charge in [-0.3, -0.25) is 0 Å². The zero-order valence-corrected chi connectivity index (χ0v) is 10.7. The summed E-state index contributed by atoms with van der Waals surface area (Å²) in [5.74, 6) is -0.866. The van der Waals surface area contributed by atoms with Crippen molar-refractivity contribution in [2.45, 2.75) is 33.1 Å². The van der Waals surface area contributed by atoms with E-state index in [-0.39, 0.29) is 0 Å². The van der Waals surface area contributed by atoms with Gasteiger partial charge in [-0.05, 0) is 30.9 Å². The van der Waals surface area contributed by atoms with Crippen molar-refractivity contribution in [3.8, 4) is 0 Å². The van der Waals surface area contributed by atoms with Gasteiger partial charge >= 0.3 is 5.97 Å². The average Bonchev–Trinajstić information content (AvgIpc) is 2.28. The second kappa shape index (κ2) is 6.28. The molecule has 0 aromatic heterocycles. The van der Waals surface area contributed by atoms with Gasteiger partial charge in [0.25, 0.3) is 0 Å². The molecule has 0 amide bonds. The molecule has 1 aliphatic carbocycles. The van der Waals surface area contributed by atoms with Crippen LogP contribution in [0.4, 0.5) is 0 Å². The number of carboxylic acids is 1. The quantitative estimate of drug-likeness (QED) is 0.769. The van der Waals surface area contributed by atoms with Gasteiger partial charge in [-0.2, -0.15) is 0 Å². The molecule has 0 aliphatic heterocycles. The van der Waals surface area contributed by atoms with Crippen LogP contribution in [0, 0.1) is 0 Å². The molecule has 0 fully saturated rings. The molecule has 94 valence electrons. The number of hydrogen-bond donors (Lipinski definition) is 1. The van der Waals surface area contributed by atoms with Crippen molar-refractivity contribution >= 4 is 5.97 Å². The van der Waals surface area contributed by atoms with Crippen LogP contribution in [-0.4, -0.2) is 29.1 Å². The number of rotatable bonds is 6. The largest absolute Gasteiger partial charge is 0.478 e. The molecule has 1 aliphatic rings. The van der Waals surface area contributed by atoms with E-state index < -0.39 is 5.97 Å². The van der Waals surface area contributed by atoms with E-state index in [0.29, 0.717) is 5.57 Å². The number of allylic oxidation sites excluding steroid dienone is 2. The molecule has 1 rings (SSSR count). The predicted molar refractivity (Wildman–Crippen MR) is 69.7 cm³/mol. The molecule has 0 saturated carbocycles. The fourth-order valence-electron chi connectivity index (χ4n) is 2.13. The van der Waals surface area contributed by atoms with Crippen molar-refractivity contribution in [2.24, 2.45) is 0 Å². The predicted octanol–water partition coefficient (Wildman–Crippen LogP) is 2.96. The first-order valence-corrected chi connectivity index (χ1v) is 6.19. The smallest absolute Gasteiger partial charge is 0.337 e. The third kappa shape index (κ3) is 3.22. The number of nitrogens with zero attached hydrogens (tertiary/aromatic N) is 1. The lowest BCUT2D eigenvalue weighted by atomic mass is 9.97. The Labute approximate surface area is 103 Å². The van der Waals surface area contributed by atoms with E-state index >= 15 is 0 Å². The summed E-state index contributed by atoms with van der Waals surface area (Å²) in [6.07, 6.45) is 6.33. The number of carbonyl (C=O) groups is 1. The highest BCUT2D eigenvalue weighted by molar-refractivity contribution is 5.92. The molecule has 0 spiro atoms. The third-order valence-corrected chi connectivity index (χ3v) is 2.77. The summed E-state index contributed by atoms with van der Waals surface area (Å²) in [6.45, 7) is 9.97. The molecule has 17 heavy (non-hydrogen) atoms. The summed E-state index contributed by atoms with van der Waals surface area (Å²) in [5.41, 5.74) is 2.11. The molecule has 3 heteroatoms. The molecule has 0 heterocycles. The van der Waals surface area contributed by atoms with Crippen LogP contribution in [0.5, 0.6) is 0 Å². The van der Waals surface area contributed by atoms with E-state index in [0.717, 1.165) is 43.6 Å². The lowest BCUT2D eigenvalue weighted by molar-refractivity contribution is -0.132. The van der Waals surface area contributed by atoms with Crippen molar-refractivity contribution in [2.75, 3.05) is 13.1 Å². The van der Waals surface area contributed by atoms with Gasteiger partial charge in [-0.15, -0.1) is 0 Å². The van der Waals surface area contributed by atoms with Crippen LogP contribution in [0.2, 0.25) is 0 Å². The van der Waals surface area contributed by atoms with Gasteiger partial charge in [0.05, 0.1) is 11.3 Å².